The fraction of sp³-hybridized carbons (Fsp3) is 0.407. The zero-order chi connectivity index (χ0) is 21.9. The quantitative estimate of drug-likeness (QED) is 0.301. The highest BCUT2D eigenvalue weighted by Gasteiger charge is 2.04. The molecule has 0 fully saturated rings. The van der Waals surface area contributed by atoms with Gasteiger partial charge in [0.1, 0.15) is 18.1 Å². The number of aryl methyl sites for hydroxylation is 1. The minimum atomic E-state index is 0.522. The normalized spacial score (nSPS) is 11.8. The highest BCUT2D eigenvalue weighted by atomic mass is 16.5. The summed E-state index contributed by atoms with van der Waals surface area (Å²) >= 11 is 0. The van der Waals surface area contributed by atoms with Crippen LogP contribution in [0, 0.1) is 5.92 Å². The van der Waals surface area contributed by atoms with Crippen molar-refractivity contribution in [2.75, 3.05) is 6.61 Å². The molecule has 31 heavy (non-hydrogen) atoms. The Bertz CT molecular complexity index is 890. The minimum Gasteiger partial charge on any atom is -0.493 e. The lowest BCUT2D eigenvalue weighted by Gasteiger charge is -2.12. The highest BCUT2D eigenvalue weighted by Crippen LogP contribution is 2.21. The molecule has 1 unspecified atom stereocenters. The van der Waals surface area contributed by atoms with E-state index in [2.05, 4.69) is 42.9 Å². The maximum atomic E-state index is 5.93. The van der Waals surface area contributed by atoms with Gasteiger partial charge in [-0.1, -0.05) is 52.2 Å². The smallest absolute Gasteiger partial charge is 0.159 e. The molecule has 4 nitrogen and oxygen atoms in total. The molecule has 164 valence electrons. The SMILES string of the molecule is CCCCCc1cnc(-c2ccc(OCc3ccc(OCC(C)CC)cc3)cc2)nc1. The van der Waals surface area contributed by atoms with E-state index in [1.54, 1.807) is 0 Å². The number of hydrogen-bond donors (Lipinski definition) is 0. The Labute approximate surface area is 186 Å². The van der Waals surface area contributed by atoms with E-state index in [1.165, 1.54) is 24.8 Å². The maximum Gasteiger partial charge on any atom is 0.159 e. The van der Waals surface area contributed by atoms with Crippen molar-refractivity contribution in [1.82, 2.24) is 9.97 Å². The summed E-state index contributed by atoms with van der Waals surface area (Å²) in [5.41, 5.74) is 3.31. The van der Waals surface area contributed by atoms with Gasteiger partial charge in [0, 0.05) is 18.0 Å². The van der Waals surface area contributed by atoms with Gasteiger partial charge in [-0.3, -0.25) is 0 Å². The summed E-state index contributed by atoms with van der Waals surface area (Å²) in [6, 6.07) is 16.1. The van der Waals surface area contributed by atoms with Gasteiger partial charge in [0.05, 0.1) is 6.61 Å². The van der Waals surface area contributed by atoms with Gasteiger partial charge in [0.25, 0.3) is 0 Å². The van der Waals surface area contributed by atoms with Crippen LogP contribution in [0.25, 0.3) is 11.4 Å². The molecule has 3 aromatic rings. The molecule has 0 amide bonds. The first-order valence-electron chi connectivity index (χ1n) is 11.4. The number of aromatic nitrogens is 2. The van der Waals surface area contributed by atoms with Crippen LogP contribution in [0.4, 0.5) is 0 Å². The van der Waals surface area contributed by atoms with E-state index in [1.807, 2.05) is 48.8 Å². The predicted octanol–water partition coefficient (Wildman–Crippen LogP) is 6.88. The van der Waals surface area contributed by atoms with Crippen LogP contribution in [-0.4, -0.2) is 16.6 Å². The summed E-state index contributed by atoms with van der Waals surface area (Å²) < 4.78 is 11.7. The van der Waals surface area contributed by atoms with Crippen LogP contribution in [0.1, 0.15) is 57.6 Å². The van der Waals surface area contributed by atoms with Gasteiger partial charge in [-0.15, -0.1) is 0 Å². The van der Waals surface area contributed by atoms with Crippen LogP contribution in [0.15, 0.2) is 60.9 Å². The van der Waals surface area contributed by atoms with E-state index in [0.717, 1.165) is 47.9 Å². The molecular weight excluding hydrogens is 384 g/mol. The lowest BCUT2D eigenvalue weighted by atomic mass is 10.1. The standard InChI is InChI=1S/C27H34N2O2/c1-4-6-7-8-23-17-28-27(29-18-23)24-11-15-26(16-12-24)31-20-22-9-13-25(14-10-22)30-19-21(3)5-2/h9-18,21H,4-8,19-20H2,1-3H3. The Morgan fingerprint density at radius 3 is 2.06 bits per heavy atom. The fourth-order valence-electron chi connectivity index (χ4n) is 3.12. The first-order chi connectivity index (χ1) is 15.2. The van der Waals surface area contributed by atoms with Crippen molar-refractivity contribution in [2.45, 2.75) is 59.5 Å². The van der Waals surface area contributed by atoms with Crippen molar-refractivity contribution < 1.29 is 9.47 Å². The first-order valence-corrected chi connectivity index (χ1v) is 11.4. The van der Waals surface area contributed by atoms with Crippen molar-refractivity contribution in [1.29, 1.82) is 0 Å². The van der Waals surface area contributed by atoms with E-state index in [0.29, 0.717) is 12.5 Å². The average molecular weight is 419 g/mol. The Morgan fingerprint density at radius 1 is 0.774 bits per heavy atom. The molecule has 2 aromatic carbocycles. The minimum absolute atomic E-state index is 0.522. The van der Waals surface area contributed by atoms with Crippen LogP contribution in [0.5, 0.6) is 11.5 Å². The van der Waals surface area contributed by atoms with Crippen LogP contribution < -0.4 is 9.47 Å². The van der Waals surface area contributed by atoms with Crippen molar-refractivity contribution >= 4 is 0 Å². The Kier molecular flexibility index (Phi) is 8.89. The number of nitrogens with zero attached hydrogens (tertiary/aromatic N) is 2. The lowest BCUT2D eigenvalue weighted by Crippen LogP contribution is -2.07. The largest absolute Gasteiger partial charge is 0.493 e. The lowest BCUT2D eigenvalue weighted by molar-refractivity contribution is 0.256. The number of hydrogen-bond acceptors (Lipinski definition) is 4. The summed E-state index contributed by atoms with van der Waals surface area (Å²) in [6.45, 7) is 7.87. The Hall–Kier alpha value is -2.88. The molecule has 0 spiro atoms. The molecule has 0 radical (unpaired) electrons. The van der Waals surface area contributed by atoms with Gasteiger partial charge in [-0.25, -0.2) is 9.97 Å². The van der Waals surface area contributed by atoms with E-state index < -0.39 is 0 Å². The van der Waals surface area contributed by atoms with Crippen molar-refractivity contribution in [2.24, 2.45) is 5.92 Å². The van der Waals surface area contributed by atoms with Crippen LogP contribution in [0.2, 0.25) is 0 Å². The topological polar surface area (TPSA) is 44.2 Å². The van der Waals surface area contributed by atoms with Crippen LogP contribution in [-0.2, 0) is 13.0 Å². The van der Waals surface area contributed by atoms with Gasteiger partial charge in [0.15, 0.2) is 5.82 Å². The molecule has 1 heterocycles. The molecular formula is C27H34N2O2. The second-order valence-corrected chi connectivity index (χ2v) is 8.15. The molecule has 0 aliphatic rings. The monoisotopic (exact) mass is 418 g/mol. The van der Waals surface area contributed by atoms with E-state index in [9.17, 15) is 0 Å². The van der Waals surface area contributed by atoms with Crippen LogP contribution >= 0.6 is 0 Å². The molecule has 0 aliphatic heterocycles. The molecule has 4 heteroatoms. The fourth-order valence-corrected chi connectivity index (χ4v) is 3.12. The summed E-state index contributed by atoms with van der Waals surface area (Å²) in [5, 5.41) is 0. The van der Waals surface area contributed by atoms with Gasteiger partial charge >= 0.3 is 0 Å². The van der Waals surface area contributed by atoms with Gasteiger partial charge in [0.2, 0.25) is 0 Å². The summed E-state index contributed by atoms with van der Waals surface area (Å²) in [6.07, 6.45) is 9.73. The molecule has 0 saturated heterocycles. The summed E-state index contributed by atoms with van der Waals surface area (Å²) in [4.78, 5) is 9.05. The predicted molar refractivity (Wildman–Crippen MR) is 126 cm³/mol. The third-order valence-electron chi connectivity index (χ3n) is 5.45. The molecule has 0 bridgehead atoms. The van der Waals surface area contributed by atoms with E-state index in [4.69, 9.17) is 9.47 Å². The zero-order valence-electron chi connectivity index (χ0n) is 19.0. The number of benzene rings is 2. The highest BCUT2D eigenvalue weighted by molar-refractivity contribution is 5.55. The molecule has 1 atom stereocenters. The molecule has 0 N–H and O–H groups in total. The van der Waals surface area contributed by atoms with E-state index in [-0.39, 0.29) is 0 Å². The third-order valence-corrected chi connectivity index (χ3v) is 5.45. The van der Waals surface area contributed by atoms with Crippen molar-refractivity contribution in [3.8, 4) is 22.9 Å². The molecule has 1 aromatic heterocycles. The summed E-state index contributed by atoms with van der Waals surface area (Å²) in [5.74, 6) is 3.06. The number of rotatable bonds is 12. The maximum absolute atomic E-state index is 5.93. The average Bonchev–Trinajstić information content (AvgIpc) is 2.83. The molecule has 3 rings (SSSR count). The Balaban J connectivity index is 1.49. The number of ether oxygens (including phenoxy) is 2. The van der Waals surface area contributed by atoms with Crippen molar-refractivity contribution in [3.63, 3.8) is 0 Å². The second kappa shape index (κ2) is 12.1. The van der Waals surface area contributed by atoms with Gasteiger partial charge < -0.3 is 9.47 Å². The van der Waals surface area contributed by atoms with Gasteiger partial charge in [-0.2, -0.15) is 0 Å². The second-order valence-electron chi connectivity index (χ2n) is 8.15. The zero-order valence-corrected chi connectivity index (χ0v) is 19.0. The third kappa shape index (κ3) is 7.39. The van der Waals surface area contributed by atoms with E-state index >= 15 is 0 Å². The molecule has 0 aliphatic carbocycles. The number of unbranched alkanes of at least 4 members (excludes halogenated alkanes) is 2. The molecule has 0 saturated carbocycles. The van der Waals surface area contributed by atoms with Crippen LogP contribution in [0.3, 0.4) is 0 Å². The van der Waals surface area contributed by atoms with Crippen molar-refractivity contribution in [3.05, 3.63) is 72.1 Å². The van der Waals surface area contributed by atoms with Gasteiger partial charge in [-0.05, 0) is 66.3 Å². The summed E-state index contributed by atoms with van der Waals surface area (Å²) in [7, 11) is 0. The first kappa shape index (κ1) is 22.8. The Morgan fingerprint density at radius 2 is 1.42 bits per heavy atom.